The van der Waals surface area contributed by atoms with Crippen molar-refractivity contribution in [2.75, 3.05) is 38.6 Å². The van der Waals surface area contributed by atoms with Gasteiger partial charge in [-0.2, -0.15) is 0 Å². The van der Waals surface area contributed by atoms with Crippen LogP contribution < -0.4 is 16.0 Å². The van der Waals surface area contributed by atoms with Gasteiger partial charge in [0.1, 0.15) is 5.82 Å². The maximum absolute atomic E-state index is 11.4. The Bertz CT molecular complexity index is 821. The van der Waals surface area contributed by atoms with E-state index in [1.54, 1.807) is 11.3 Å². The number of carbonyl (C=O) groups excluding carboxylic acids is 1. The lowest BCUT2D eigenvalue weighted by molar-refractivity contribution is -0.122. The molecule has 2 aromatic rings. The number of rotatable bonds is 7. The number of pyridine rings is 1. The number of amides is 1. The van der Waals surface area contributed by atoms with E-state index in [1.165, 1.54) is 4.88 Å². The molecular weight excluding hydrogens is 511 g/mol. The Morgan fingerprint density at radius 2 is 2.13 bits per heavy atom. The van der Waals surface area contributed by atoms with Crippen molar-refractivity contribution in [2.24, 2.45) is 16.6 Å². The van der Waals surface area contributed by atoms with Crippen LogP contribution in [-0.4, -0.2) is 55.5 Å². The second kappa shape index (κ2) is 12.1. The Kier molecular flexibility index (Phi) is 9.83. The number of guanidine groups is 1. The quantitative estimate of drug-likeness (QED) is 0.319. The van der Waals surface area contributed by atoms with Crippen LogP contribution in [0, 0.1) is 5.92 Å². The van der Waals surface area contributed by atoms with Crippen molar-refractivity contribution in [1.82, 2.24) is 15.2 Å². The lowest BCUT2D eigenvalue weighted by Crippen LogP contribution is -2.41. The molecule has 2 aromatic heterocycles. The number of primary amides is 1. The first kappa shape index (κ1) is 24.4. The molecule has 3 rings (SSSR count). The van der Waals surface area contributed by atoms with E-state index < -0.39 is 0 Å². The minimum absolute atomic E-state index is 0. The summed E-state index contributed by atoms with van der Waals surface area (Å²) in [5.74, 6) is 1.62. The molecule has 1 aliphatic heterocycles. The van der Waals surface area contributed by atoms with Gasteiger partial charge in [-0.3, -0.25) is 9.79 Å². The summed E-state index contributed by atoms with van der Waals surface area (Å²) >= 11 is 1.78. The maximum Gasteiger partial charge on any atom is 0.220 e. The number of halogens is 1. The number of nitrogens with one attached hydrogen (secondary N) is 1. The highest BCUT2D eigenvalue weighted by atomic mass is 127. The van der Waals surface area contributed by atoms with Crippen molar-refractivity contribution in [3.05, 3.63) is 46.3 Å². The lowest BCUT2D eigenvalue weighted by Gasteiger charge is -2.32. The number of aromatic nitrogens is 1. The molecule has 1 saturated heterocycles. The summed E-state index contributed by atoms with van der Waals surface area (Å²) in [6.07, 6.45) is 4.39. The molecule has 0 aliphatic carbocycles. The minimum Gasteiger partial charge on any atom is -0.369 e. The van der Waals surface area contributed by atoms with Gasteiger partial charge in [-0.05, 0) is 36.8 Å². The molecule has 0 radical (unpaired) electrons. The number of carbonyl (C=O) groups is 1. The fourth-order valence-corrected chi connectivity index (χ4v) is 4.32. The van der Waals surface area contributed by atoms with E-state index in [4.69, 9.17) is 5.73 Å². The number of thiophene rings is 1. The van der Waals surface area contributed by atoms with E-state index in [1.807, 2.05) is 19.3 Å². The van der Waals surface area contributed by atoms with E-state index in [9.17, 15) is 4.79 Å². The molecule has 7 nitrogen and oxygen atoms in total. The Morgan fingerprint density at radius 1 is 1.37 bits per heavy atom. The predicted molar refractivity (Wildman–Crippen MR) is 135 cm³/mol. The Labute approximate surface area is 199 Å². The molecule has 0 unspecified atom stereocenters. The van der Waals surface area contributed by atoms with Crippen molar-refractivity contribution < 1.29 is 4.79 Å². The zero-order valence-corrected chi connectivity index (χ0v) is 20.7. The first-order valence-electron chi connectivity index (χ1n) is 10.0. The molecule has 0 aromatic carbocycles. The Hall–Kier alpha value is -1.88. The first-order valence-corrected chi connectivity index (χ1v) is 10.9. The van der Waals surface area contributed by atoms with Crippen LogP contribution in [0.25, 0.3) is 0 Å². The maximum atomic E-state index is 11.4. The van der Waals surface area contributed by atoms with Crippen molar-refractivity contribution in [3.8, 4) is 0 Å². The smallest absolute Gasteiger partial charge is 0.220 e. The fourth-order valence-electron chi connectivity index (χ4n) is 3.63. The molecule has 1 amide bonds. The van der Waals surface area contributed by atoms with Gasteiger partial charge in [0.15, 0.2) is 5.96 Å². The normalized spacial score (nSPS) is 14.9. The number of hydrogen-bond donors (Lipinski definition) is 2. The highest BCUT2D eigenvalue weighted by Crippen LogP contribution is 2.24. The minimum atomic E-state index is -0.193. The molecule has 0 spiro atoms. The highest BCUT2D eigenvalue weighted by Gasteiger charge is 2.25. The van der Waals surface area contributed by atoms with Crippen molar-refractivity contribution >= 4 is 53.0 Å². The zero-order chi connectivity index (χ0) is 20.6. The Morgan fingerprint density at radius 3 is 2.77 bits per heavy atom. The number of nitrogens with zero attached hydrogens (tertiary/aromatic N) is 4. The highest BCUT2D eigenvalue weighted by molar-refractivity contribution is 14.0. The number of likely N-dealkylation sites (N-methyl/N-ethyl adjacent to an activating group) is 1. The number of nitrogens with two attached hydrogens (primary N) is 1. The van der Waals surface area contributed by atoms with Gasteiger partial charge in [-0.25, -0.2) is 4.98 Å². The van der Waals surface area contributed by atoms with Crippen molar-refractivity contribution in [1.29, 1.82) is 0 Å². The van der Waals surface area contributed by atoms with Crippen LogP contribution in [0.2, 0.25) is 0 Å². The van der Waals surface area contributed by atoms with E-state index >= 15 is 0 Å². The van der Waals surface area contributed by atoms with Crippen LogP contribution in [0.3, 0.4) is 0 Å². The SMILES string of the molecule is CN=C(NCc1cccnc1N1CCC(C(N)=O)CC1)N(C)CCc1cccs1.I. The van der Waals surface area contributed by atoms with E-state index in [2.05, 4.69) is 55.7 Å². The molecule has 164 valence electrons. The fraction of sp³-hybridized carbons (Fsp3) is 0.476. The third-order valence-corrected chi connectivity index (χ3v) is 6.28. The van der Waals surface area contributed by atoms with Gasteiger partial charge in [-0.1, -0.05) is 12.1 Å². The van der Waals surface area contributed by atoms with Gasteiger partial charge in [0.05, 0.1) is 0 Å². The summed E-state index contributed by atoms with van der Waals surface area (Å²) < 4.78 is 0. The second-order valence-electron chi connectivity index (χ2n) is 7.30. The van der Waals surface area contributed by atoms with Crippen molar-refractivity contribution in [3.63, 3.8) is 0 Å². The topological polar surface area (TPSA) is 86.9 Å². The zero-order valence-electron chi connectivity index (χ0n) is 17.6. The first-order chi connectivity index (χ1) is 14.1. The van der Waals surface area contributed by atoms with Gasteiger partial charge >= 0.3 is 0 Å². The standard InChI is InChI=1S/C21H30N6OS.HI/c1-23-21(26(2)11-9-18-6-4-14-29-18)25-15-17-5-3-10-24-20(17)27-12-7-16(8-13-27)19(22)28;/h3-6,10,14,16H,7-9,11-13,15H2,1-2H3,(H2,22,28)(H,23,25);1H. The number of hydrogen-bond acceptors (Lipinski definition) is 5. The average molecular weight is 542 g/mol. The summed E-state index contributed by atoms with van der Waals surface area (Å²) in [5.41, 5.74) is 6.58. The molecule has 9 heteroatoms. The number of anilines is 1. The van der Waals surface area contributed by atoms with Crippen LogP contribution in [-0.2, 0) is 17.8 Å². The molecule has 0 saturated carbocycles. The largest absolute Gasteiger partial charge is 0.369 e. The molecule has 0 bridgehead atoms. The van der Waals surface area contributed by atoms with Crippen LogP contribution in [0.4, 0.5) is 5.82 Å². The third-order valence-electron chi connectivity index (χ3n) is 5.35. The molecule has 3 heterocycles. The monoisotopic (exact) mass is 542 g/mol. The summed E-state index contributed by atoms with van der Waals surface area (Å²) in [6.45, 7) is 3.15. The lowest BCUT2D eigenvalue weighted by atomic mass is 9.96. The molecular formula is C21H31IN6OS. The average Bonchev–Trinajstić information content (AvgIpc) is 3.27. The summed E-state index contributed by atoms with van der Waals surface area (Å²) in [4.78, 5) is 26.2. The molecule has 30 heavy (non-hydrogen) atoms. The van der Waals surface area contributed by atoms with Crippen LogP contribution in [0.15, 0.2) is 40.8 Å². The van der Waals surface area contributed by atoms with Crippen LogP contribution in [0.1, 0.15) is 23.3 Å². The van der Waals surface area contributed by atoms with Gasteiger partial charge in [0.2, 0.25) is 5.91 Å². The predicted octanol–water partition coefficient (Wildman–Crippen LogP) is 2.71. The van der Waals surface area contributed by atoms with Crippen LogP contribution in [0.5, 0.6) is 0 Å². The molecule has 1 fully saturated rings. The molecule has 0 atom stereocenters. The summed E-state index contributed by atoms with van der Waals surface area (Å²) in [6, 6.07) is 8.30. The molecule has 1 aliphatic rings. The van der Waals surface area contributed by atoms with Crippen LogP contribution >= 0.6 is 35.3 Å². The third kappa shape index (κ3) is 6.56. The van der Waals surface area contributed by atoms with Crippen molar-refractivity contribution in [2.45, 2.75) is 25.8 Å². The van der Waals surface area contributed by atoms with Gasteiger partial charge in [0, 0.05) is 62.8 Å². The van der Waals surface area contributed by atoms with E-state index in [0.717, 1.165) is 56.2 Å². The summed E-state index contributed by atoms with van der Waals surface area (Å²) in [7, 11) is 3.87. The van der Waals surface area contributed by atoms with Gasteiger partial charge in [0.25, 0.3) is 0 Å². The summed E-state index contributed by atoms with van der Waals surface area (Å²) in [5, 5.41) is 5.57. The molecule has 3 N–H and O–H groups in total. The van der Waals surface area contributed by atoms with Gasteiger partial charge in [-0.15, -0.1) is 35.3 Å². The number of piperidine rings is 1. The second-order valence-corrected chi connectivity index (χ2v) is 8.33. The van der Waals surface area contributed by atoms with E-state index in [-0.39, 0.29) is 35.8 Å². The van der Waals surface area contributed by atoms with Gasteiger partial charge < -0.3 is 20.9 Å². The van der Waals surface area contributed by atoms with E-state index in [0.29, 0.717) is 6.54 Å². The number of aliphatic imine (C=N–C) groups is 1. The Balaban J connectivity index is 0.00000320.